The van der Waals surface area contributed by atoms with Crippen molar-refractivity contribution in [3.8, 4) is 0 Å². The zero-order valence-corrected chi connectivity index (χ0v) is 13.1. The van der Waals surface area contributed by atoms with Gasteiger partial charge in [0, 0.05) is 16.9 Å². The zero-order valence-electron chi connectivity index (χ0n) is 13.1. The van der Waals surface area contributed by atoms with Gasteiger partial charge in [-0.1, -0.05) is 13.0 Å². The van der Waals surface area contributed by atoms with Crippen LogP contribution in [0.3, 0.4) is 0 Å². The minimum absolute atomic E-state index is 0.0304. The Morgan fingerprint density at radius 3 is 2.57 bits per heavy atom. The van der Waals surface area contributed by atoms with E-state index >= 15 is 0 Å². The minimum Gasteiger partial charge on any atom is -0.351 e. The van der Waals surface area contributed by atoms with E-state index in [1.807, 2.05) is 6.07 Å². The summed E-state index contributed by atoms with van der Waals surface area (Å²) in [5.41, 5.74) is 4.16. The van der Waals surface area contributed by atoms with Gasteiger partial charge in [-0.3, -0.25) is 4.79 Å². The first-order valence-corrected chi connectivity index (χ1v) is 7.94. The smallest absolute Gasteiger partial charge is 0.267 e. The predicted molar refractivity (Wildman–Crippen MR) is 86.7 cm³/mol. The molecule has 0 bridgehead atoms. The third-order valence-electron chi connectivity index (χ3n) is 4.68. The van der Waals surface area contributed by atoms with E-state index in [4.69, 9.17) is 0 Å². The number of aromatic amines is 1. The lowest BCUT2D eigenvalue weighted by Gasteiger charge is -2.26. The second kappa shape index (κ2) is 5.55. The molecule has 0 aliphatic heterocycles. The van der Waals surface area contributed by atoms with Crippen LogP contribution in [0.5, 0.6) is 0 Å². The summed E-state index contributed by atoms with van der Waals surface area (Å²) in [7, 11) is 0. The second-order valence-electron chi connectivity index (χ2n) is 6.66. The van der Waals surface area contributed by atoms with Gasteiger partial charge in [-0.15, -0.1) is 0 Å². The molecule has 2 N–H and O–H groups in total. The summed E-state index contributed by atoms with van der Waals surface area (Å²) in [5.74, 6) is 0.833. The van der Waals surface area contributed by atoms with Gasteiger partial charge in [-0.2, -0.15) is 0 Å². The fraction of sp³-hybridized carbons (Fsp3) is 0.500. The van der Waals surface area contributed by atoms with Gasteiger partial charge < -0.3 is 10.3 Å². The Morgan fingerprint density at radius 2 is 1.86 bits per heavy atom. The second-order valence-corrected chi connectivity index (χ2v) is 6.66. The van der Waals surface area contributed by atoms with Gasteiger partial charge in [-0.05, 0) is 68.7 Å². The molecule has 1 aromatic heterocycles. The Labute approximate surface area is 126 Å². The van der Waals surface area contributed by atoms with Crippen LogP contribution in [0.25, 0.3) is 10.9 Å². The molecular weight excluding hydrogens is 260 g/mol. The molecule has 112 valence electrons. The highest BCUT2D eigenvalue weighted by Crippen LogP contribution is 2.25. The van der Waals surface area contributed by atoms with E-state index in [2.05, 4.69) is 43.2 Å². The number of carbonyl (C=O) groups is 1. The predicted octanol–water partition coefficient (Wildman–Crippen LogP) is 4.09. The summed E-state index contributed by atoms with van der Waals surface area (Å²) >= 11 is 0. The van der Waals surface area contributed by atoms with E-state index in [1.54, 1.807) is 0 Å². The van der Waals surface area contributed by atoms with Crippen molar-refractivity contribution in [1.29, 1.82) is 0 Å². The molecule has 1 aromatic carbocycles. The molecule has 3 heteroatoms. The molecule has 0 saturated heterocycles. The quantitative estimate of drug-likeness (QED) is 0.857. The highest BCUT2D eigenvalue weighted by atomic mass is 16.1. The van der Waals surface area contributed by atoms with Gasteiger partial charge in [0.05, 0.1) is 0 Å². The monoisotopic (exact) mass is 284 g/mol. The Morgan fingerprint density at radius 1 is 1.14 bits per heavy atom. The van der Waals surface area contributed by atoms with Crippen LogP contribution in [0.1, 0.15) is 54.2 Å². The van der Waals surface area contributed by atoms with Crippen molar-refractivity contribution >= 4 is 16.8 Å². The molecule has 3 nitrogen and oxygen atoms in total. The van der Waals surface area contributed by atoms with E-state index in [0.717, 1.165) is 29.7 Å². The average molecular weight is 284 g/mol. The van der Waals surface area contributed by atoms with Gasteiger partial charge >= 0.3 is 0 Å². The summed E-state index contributed by atoms with van der Waals surface area (Å²) < 4.78 is 0. The summed E-state index contributed by atoms with van der Waals surface area (Å²) in [6.07, 6.45) is 4.64. The van der Waals surface area contributed by atoms with Crippen LogP contribution in [-0.4, -0.2) is 16.9 Å². The van der Waals surface area contributed by atoms with Crippen molar-refractivity contribution in [3.05, 3.63) is 35.0 Å². The largest absolute Gasteiger partial charge is 0.351 e. The summed E-state index contributed by atoms with van der Waals surface area (Å²) in [6.45, 7) is 6.46. The minimum atomic E-state index is 0.0304. The number of carbonyl (C=O) groups excluding carboxylic acids is 1. The van der Waals surface area contributed by atoms with Crippen LogP contribution in [0.4, 0.5) is 0 Å². The van der Waals surface area contributed by atoms with Crippen LogP contribution in [-0.2, 0) is 0 Å². The molecule has 1 aliphatic rings. The number of H-pyrrole nitrogens is 1. The molecule has 1 fully saturated rings. The first kappa shape index (κ1) is 14.2. The third-order valence-corrected chi connectivity index (χ3v) is 4.68. The number of fused-ring (bicyclic) bond motifs is 1. The number of nitrogens with one attached hydrogen (secondary N) is 2. The van der Waals surface area contributed by atoms with Crippen molar-refractivity contribution < 1.29 is 4.79 Å². The number of aryl methyl sites for hydroxylation is 2. The van der Waals surface area contributed by atoms with E-state index in [-0.39, 0.29) is 5.91 Å². The molecule has 1 saturated carbocycles. The maximum absolute atomic E-state index is 12.4. The number of aromatic nitrogens is 1. The van der Waals surface area contributed by atoms with Crippen molar-refractivity contribution in [2.45, 2.75) is 52.5 Å². The van der Waals surface area contributed by atoms with E-state index in [1.165, 1.54) is 24.0 Å². The summed E-state index contributed by atoms with van der Waals surface area (Å²) in [5, 5.41) is 4.32. The Hall–Kier alpha value is -1.77. The fourth-order valence-electron chi connectivity index (χ4n) is 3.39. The maximum atomic E-state index is 12.4. The standard InChI is InChI=1S/C18H24N2O/c1-11-4-6-14(7-5-11)19-18(21)17-10-15-13(3)8-12(2)9-16(15)20-17/h8-11,14,20H,4-7H2,1-3H3,(H,19,21). The molecule has 1 amide bonds. The molecule has 0 spiro atoms. The third kappa shape index (κ3) is 2.97. The molecule has 0 unspecified atom stereocenters. The van der Waals surface area contributed by atoms with Crippen LogP contribution < -0.4 is 5.32 Å². The highest BCUT2D eigenvalue weighted by Gasteiger charge is 2.21. The highest BCUT2D eigenvalue weighted by molar-refractivity contribution is 5.99. The average Bonchev–Trinajstić information content (AvgIpc) is 2.85. The number of hydrogen-bond acceptors (Lipinski definition) is 1. The summed E-state index contributed by atoms with van der Waals surface area (Å²) in [4.78, 5) is 15.7. The molecule has 0 radical (unpaired) electrons. The molecule has 2 aromatic rings. The van der Waals surface area contributed by atoms with Gasteiger partial charge in [-0.25, -0.2) is 0 Å². The number of benzene rings is 1. The number of amides is 1. The Balaban J connectivity index is 1.77. The molecule has 0 atom stereocenters. The summed E-state index contributed by atoms with van der Waals surface area (Å²) in [6, 6.07) is 6.56. The number of hydrogen-bond donors (Lipinski definition) is 2. The number of rotatable bonds is 2. The SMILES string of the molecule is Cc1cc(C)c2cc(C(=O)NC3CCC(C)CC3)[nH]c2c1. The lowest BCUT2D eigenvalue weighted by molar-refractivity contribution is 0.0919. The first-order chi connectivity index (χ1) is 10.0. The lowest BCUT2D eigenvalue weighted by Crippen LogP contribution is -2.37. The van der Waals surface area contributed by atoms with E-state index in [9.17, 15) is 4.79 Å². The Bertz CT molecular complexity index is 663. The van der Waals surface area contributed by atoms with Gasteiger partial charge in [0.25, 0.3) is 5.91 Å². The molecule has 21 heavy (non-hydrogen) atoms. The van der Waals surface area contributed by atoms with Gasteiger partial charge in [0.2, 0.25) is 0 Å². The Kier molecular flexibility index (Phi) is 3.75. The van der Waals surface area contributed by atoms with Crippen molar-refractivity contribution in [2.24, 2.45) is 5.92 Å². The van der Waals surface area contributed by atoms with Crippen molar-refractivity contribution in [2.75, 3.05) is 0 Å². The van der Waals surface area contributed by atoms with Crippen molar-refractivity contribution in [3.63, 3.8) is 0 Å². The molecule has 1 heterocycles. The first-order valence-electron chi connectivity index (χ1n) is 7.94. The van der Waals surface area contributed by atoms with Crippen LogP contribution >= 0.6 is 0 Å². The van der Waals surface area contributed by atoms with Gasteiger partial charge in [0.15, 0.2) is 0 Å². The van der Waals surface area contributed by atoms with Crippen LogP contribution in [0, 0.1) is 19.8 Å². The van der Waals surface area contributed by atoms with E-state index < -0.39 is 0 Å². The normalized spacial score (nSPS) is 22.4. The van der Waals surface area contributed by atoms with Crippen LogP contribution in [0.2, 0.25) is 0 Å². The molecule has 1 aliphatic carbocycles. The maximum Gasteiger partial charge on any atom is 0.267 e. The van der Waals surface area contributed by atoms with Crippen molar-refractivity contribution in [1.82, 2.24) is 10.3 Å². The van der Waals surface area contributed by atoms with Crippen LogP contribution in [0.15, 0.2) is 18.2 Å². The lowest BCUT2D eigenvalue weighted by atomic mass is 9.87. The molecular formula is C18H24N2O. The fourth-order valence-corrected chi connectivity index (χ4v) is 3.39. The zero-order chi connectivity index (χ0) is 15.0. The topological polar surface area (TPSA) is 44.9 Å². The molecule has 3 rings (SSSR count). The van der Waals surface area contributed by atoms with E-state index in [0.29, 0.717) is 11.7 Å². The van der Waals surface area contributed by atoms with Gasteiger partial charge in [0.1, 0.15) is 5.69 Å².